The van der Waals surface area contributed by atoms with Crippen LogP contribution in [0.1, 0.15) is 29.2 Å². The molecule has 2 rings (SSSR count). The summed E-state index contributed by atoms with van der Waals surface area (Å²) in [5, 5.41) is 6.40. The fraction of sp³-hybridized carbons (Fsp3) is 0.429. The fourth-order valence-electron chi connectivity index (χ4n) is 2.69. The molecule has 0 bridgehead atoms. The number of rotatable bonds is 8. The summed E-state index contributed by atoms with van der Waals surface area (Å²) >= 11 is 0. The first-order valence-electron chi connectivity index (χ1n) is 9.49. The smallest absolute Gasteiger partial charge is 0.422 e. The average Bonchev–Trinajstić information content (AvgIpc) is 2.66. The first-order valence-corrected chi connectivity index (χ1v) is 9.49. The lowest BCUT2D eigenvalue weighted by Gasteiger charge is -2.15. The summed E-state index contributed by atoms with van der Waals surface area (Å²) in [6.07, 6.45) is 0.0189. The molecule has 1 aromatic heterocycles. The minimum atomic E-state index is -4.38. The molecule has 2 N–H and O–H groups in total. The van der Waals surface area contributed by atoms with Gasteiger partial charge in [-0.2, -0.15) is 13.2 Å². The molecule has 0 fully saturated rings. The number of aryl methyl sites for hydroxylation is 2. The molecule has 5 nitrogen and oxygen atoms in total. The lowest BCUT2D eigenvalue weighted by Crippen LogP contribution is -2.38. The number of guanidine groups is 1. The van der Waals surface area contributed by atoms with E-state index in [4.69, 9.17) is 4.74 Å². The molecular weight excluding hydrogens is 508 g/mol. The fourth-order valence-corrected chi connectivity index (χ4v) is 2.69. The third kappa shape index (κ3) is 9.19. The van der Waals surface area contributed by atoms with Crippen LogP contribution in [0, 0.1) is 13.8 Å². The molecule has 0 spiro atoms. The van der Waals surface area contributed by atoms with Crippen molar-refractivity contribution in [2.45, 2.75) is 39.9 Å². The maximum Gasteiger partial charge on any atom is 0.422 e. The Morgan fingerprint density at radius 3 is 2.57 bits per heavy atom. The topological polar surface area (TPSA) is 58.5 Å². The number of hydrogen-bond donors (Lipinski definition) is 2. The van der Waals surface area contributed by atoms with Gasteiger partial charge in [0.25, 0.3) is 0 Å². The number of aromatic nitrogens is 1. The van der Waals surface area contributed by atoms with E-state index in [-0.39, 0.29) is 36.3 Å². The number of benzene rings is 1. The van der Waals surface area contributed by atoms with Crippen molar-refractivity contribution >= 4 is 29.9 Å². The van der Waals surface area contributed by atoms with E-state index in [1.54, 1.807) is 25.3 Å². The minimum Gasteiger partial charge on any atom is -0.484 e. The second-order valence-corrected chi connectivity index (χ2v) is 6.69. The number of nitrogens with one attached hydrogen (secondary N) is 2. The van der Waals surface area contributed by atoms with Crippen LogP contribution in [0.2, 0.25) is 0 Å². The normalized spacial score (nSPS) is 11.6. The summed E-state index contributed by atoms with van der Waals surface area (Å²) in [6.45, 7) is 6.00. The molecule has 0 atom stereocenters. The third-order valence-electron chi connectivity index (χ3n) is 4.19. The van der Waals surface area contributed by atoms with Crippen molar-refractivity contribution in [3.05, 3.63) is 58.9 Å². The van der Waals surface area contributed by atoms with Gasteiger partial charge in [-0.1, -0.05) is 12.1 Å². The summed E-state index contributed by atoms with van der Waals surface area (Å²) in [5.41, 5.74) is 3.75. The standard InChI is InChI=1S/C21H27F3N4O.HI/c1-4-26-20(27-10-8-17-7-9-25-12-16(17)3)28-13-18-6-5-15(2)11-19(18)29-14-21(22,23)24;/h5-7,9,11-12H,4,8,10,13-14H2,1-3H3,(H2,26,27,28);1H. The second kappa shape index (κ2) is 12.6. The maximum atomic E-state index is 12.5. The largest absolute Gasteiger partial charge is 0.484 e. The van der Waals surface area contributed by atoms with Crippen molar-refractivity contribution in [3.8, 4) is 5.75 Å². The van der Waals surface area contributed by atoms with Crippen molar-refractivity contribution in [3.63, 3.8) is 0 Å². The van der Waals surface area contributed by atoms with Gasteiger partial charge in [-0.25, -0.2) is 4.99 Å². The molecular formula is C21H28F3IN4O. The molecule has 2 aromatic rings. The Kier molecular flexibility index (Phi) is 10.9. The van der Waals surface area contributed by atoms with Crippen LogP contribution in [0.3, 0.4) is 0 Å². The van der Waals surface area contributed by atoms with E-state index in [1.807, 2.05) is 32.2 Å². The molecule has 0 unspecified atom stereocenters. The van der Waals surface area contributed by atoms with Crippen molar-refractivity contribution in [1.29, 1.82) is 0 Å². The molecule has 0 aliphatic carbocycles. The molecule has 0 saturated heterocycles. The quantitative estimate of drug-likeness (QED) is 0.295. The number of hydrogen-bond acceptors (Lipinski definition) is 3. The summed E-state index contributed by atoms with van der Waals surface area (Å²) in [6, 6.07) is 7.16. The molecule has 1 aromatic carbocycles. The van der Waals surface area contributed by atoms with Crippen LogP contribution in [0.15, 0.2) is 41.7 Å². The number of nitrogens with zero attached hydrogens (tertiary/aromatic N) is 2. The number of pyridine rings is 1. The summed E-state index contributed by atoms with van der Waals surface area (Å²) in [4.78, 5) is 8.58. The number of ether oxygens (including phenoxy) is 1. The summed E-state index contributed by atoms with van der Waals surface area (Å²) < 4.78 is 42.5. The zero-order valence-corrected chi connectivity index (χ0v) is 19.7. The van der Waals surface area contributed by atoms with E-state index in [0.29, 0.717) is 24.6 Å². The Morgan fingerprint density at radius 1 is 1.13 bits per heavy atom. The van der Waals surface area contributed by atoms with Gasteiger partial charge in [-0.3, -0.25) is 4.98 Å². The highest BCUT2D eigenvalue weighted by Crippen LogP contribution is 2.24. The number of alkyl halides is 3. The molecule has 166 valence electrons. The molecule has 0 amide bonds. The lowest BCUT2D eigenvalue weighted by molar-refractivity contribution is -0.153. The summed E-state index contributed by atoms with van der Waals surface area (Å²) in [5.74, 6) is 0.802. The van der Waals surface area contributed by atoms with Crippen LogP contribution in [0.4, 0.5) is 13.2 Å². The van der Waals surface area contributed by atoms with Gasteiger partial charge in [0.2, 0.25) is 0 Å². The Labute approximate surface area is 192 Å². The predicted octanol–water partition coefficient (Wildman–Crippen LogP) is 4.56. The zero-order chi connectivity index (χ0) is 21.3. The predicted molar refractivity (Wildman–Crippen MR) is 124 cm³/mol. The van der Waals surface area contributed by atoms with Crippen LogP contribution in [0.25, 0.3) is 0 Å². The number of aliphatic imine (C=N–C) groups is 1. The first kappa shape index (κ1) is 26.0. The monoisotopic (exact) mass is 536 g/mol. The van der Waals surface area contributed by atoms with Crippen molar-refractivity contribution in [1.82, 2.24) is 15.6 Å². The second-order valence-electron chi connectivity index (χ2n) is 6.69. The van der Waals surface area contributed by atoms with Gasteiger partial charge in [0.05, 0.1) is 6.54 Å². The van der Waals surface area contributed by atoms with E-state index in [1.165, 1.54) is 5.56 Å². The molecule has 0 aliphatic heterocycles. The lowest BCUT2D eigenvalue weighted by atomic mass is 10.1. The van der Waals surface area contributed by atoms with Crippen LogP contribution in [0.5, 0.6) is 5.75 Å². The number of halogens is 4. The van der Waals surface area contributed by atoms with Gasteiger partial charge < -0.3 is 15.4 Å². The highest BCUT2D eigenvalue weighted by atomic mass is 127. The van der Waals surface area contributed by atoms with Crippen LogP contribution in [-0.2, 0) is 13.0 Å². The van der Waals surface area contributed by atoms with Crippen LogP contribution >= 0.6 is 24.0 Å². The SMILES string of the molecule is CCNC(=NCc1ccc(C)cc1OCC(F)(F)F)NCCc1ccncc1C.I. The molecule has 9 heteroatoms. The molecule has 0 saturated carbocycles. The van der Waals surface area contributed by atoms with E-state index >= 15 is 0 Å². The van der Waals surface area contributed by atoms with E-state index in [9.17, 15) is 13.2 Å². The van der Waals surface area contributed by atoms with Crippen LogP contribution in [-0.4, -0.2) is 36.8 Å². The Bertz CT molecular complexity index is 828. The first-order chi connectivity index (χ1) is 13.8. The molecule has 0 aliphatic rings. The maximum absolute atomic E-state index is 12.5. The van der Waals surface area contributed by atoms with Gasteiger partial charge in [0.15, 0.2) is 12.6 Å². The Morgan fingerprint density at radius 2 is 1.90 bits per heavy atom. The van der Waals surface area contributed by atoms with Crippen molar-refractivity contribution < 1.29 is 17.9 Å². The zero-order valence-electron chi connectivity index (χ0n) is 17.3. The van der Waals surface area contributed by atoms with Gasteiger partial charge in [-0.05, 0) is 56.0 Å². The van der Waals surface area contributed by atoms with E-state index in [2.05, 4.69) is 20.6 Å². The minimum absolute atomic E-state index is 0. The van der Waals surface area contributed by atoms with Gasteiger partial charge in [0, 0.05) is 31.0 Å². The Hall–Kier alpha value is -2.04. The highest BCUT2D eigenvalue weighted by molar-refractivity contribution is 14.0. The average molecular weight is 536 g/mol. The van der Waals surface area contributed by atoms with Gasteiger partial charge >= 0.3 is 6.18 Å². The highest BCUT2D eigenvalue weighted by Gasteiger charge is 2.28. The van der Waals surface area contributed by atoms with E-state index in [0.717, 1.165) is 17.5 Å². The molecule has 30 heavy (non-hydrogen) atoms. The van der Waals surface area contributed by atoms with Crippen LogP contribution < -0.4 is 15.4 Å². The van der Waals surface area contributed by atoms with Gasteiger partial charge in [-0.15, -0.1) is 24.0 Å². The molecule has 1 heterocycles. The summed E-state index contributed by atoms with van der Waals surface area (Å²) in [7, 11) is 0. The Balaban J connectivity index is 0.00000450. The van der Waals surface area contributed by atoms with Gasteiger partial charge in [0.1, 0.15) is 5.75 Å². The third-order valence-corrected chi connectivity index (χ3v) is 4.19. The van der Waals surface area contributed by atoms with Crippen molar-refractivity contribution in [2.75, 3.05) is 19.7 Å². The molecule has 0 radical (unpaired) electrons. The van der Waals surface area contributed by atoms with Crippen molar-refractivity contribution in [2.24, 2.45) is 4.99 Å². The van der Waals surface area contributed by atoms with E-state index < -0.39 is 12.8 Å².